The number of hydrogen-bond acceptors (Lipinski definition) is 3. The molecular formula is C15H19F3N2O2. The van der Waals surface area contributed by atoms with Gasteiger partial charge in [-0.05, 0) is 25.2 Å². The molecule has 22 heavy (non-hydrogen) atoms. The van der Waals surface area contributed by atoms with Gasteiger partial charge < -0.3 is 15.0 Å². The van der Waals surface area contributed by atoms with Crippen molar-refractivity contribution in [2.45, 2.75) is 6.18 Å². The smallest absolute Gasteiger partial charge is 0.416 e. The minimum absolute atomic E-state index is 0.103. The summed E-state index contributed by atoms with van der Waals surface area (Å²) in [5.74, 6) is -0.422. The van der Waals surface area contributed by atoms with Gasteiger partial charge in [0, 0.05) is 20.1 Å². The highest BCUT2D eigenvalue weighted by molar-refractivity contribution is 5.97. The van der Waals surface area contributed by atoms with Crippen LogP contribution in [0, 0.1) is 0 Å². The van der Waals surface area contributed by atoms with Gasteiger partial charge >= 0.3 is 6.18 Å². The van der Waals surface area contributed by atoms with Gasteiger partial charge in [0.2, 0.25) is 0 Å². The quantitative estimate of drug-likeness (QED) is 0.786. The minimum atomic E-state index is -4.52. The van der Waals surface area contributed by atoms with E-state index >= 15 is 0 Å². The first-order valence-electron chi connectivity index (χ1n) is 6.66. The van der Waals surface area contributed by atoms with Crippen molar-refractivity contribution in [3.63, 3.8) is 0 Å². The number of amides is 1. The van der Waals surface area contributed by atoms with Gasteiger partial charge in [-0.3, -0.25) is 4.79 Å². The van der Waals surface area contributed by atoms with Gasteiger partial charge in [0.15, 0.2) is 0 Å². The zero-order valence-electron chi connectivity index (χ0n) is 12.5. The van der Waals surface area contributed by atoms with Gasteiger partial charge in [-0.15, -0.1) is 0 Å². The zero-order chi connectivity index (χ0) is 16.8. The Morgan fingerprint density at radius 3 is 2.68 bits per heavy atom. The van der Waals surface area contributed by atoms with Crippen LogP contribution in [0.5, 0.6) is 5.75 Å². The minimum Gasteiger partial charge on any atom is -0.489 e. The van der Waals surface area contributed by atoms with Crippen molar-refractivity contribution in [1.29, 1.82) is 0 Å². The lowest BCUT2D eigenvalue weighted by Crippen LogP contribution is -2.33. The summed E-state index contributed by atoms with van der Waals surface area (Å²) in [7, 11) is 3.25. The Labute approximate surface area is 127 Å². The summed E-state index contributed by atoms with van der Waals surface area (Å²) in [6.45, 7) is 4.48. The Kier molecular flexibility index (Phi) is 6.42. The SMILES string of the molecule is C=CCOc1ccc(C(F)(F)F)cc1C(=O)N(C)CCNC. The van der Waals surface area contributed by atoms with Crippen LogP contribution in [0.3, 0.4) is 0 Å². The van der Waals surface area contributed by atoms with E-state index in [4.69, 9.17) is 4.74 Å². The second-order valence-electron chi connectivity index (χ2n) is 4.64. The van der Waals surface area contributed by atoms with Gasteiger partial charge in [0.1, 0.15) is 12.4 Å². The maximum atomic E-state index is 12.8. The summed E-state index contributed by atoms with van der Waals surface area (Å²) < 4.78 is 43.8. The van der Waals surface area contributed by atoms with Gasteiger partial charge in [0.05, 0.1) is 11.1 Å². The standard InChI is InChI=1S/C15H19F3N2O2/c1-4-9-22-13-6-5-11(15(16,17)18)10-12(13)14(21)20(3)8-7-19-2/h4-6,10,19H,1,7-9H2,2-3H3. The van der Waals surface area contributed by atoms with Crippen LogP contribution in [0.1, 0.15) is 15.9 Å². The molecule has 0 atom stereocenters. The van der Waals surface area contributed by atoms with Crippen LogP contribution >= 0.6 is 0 Å². The average molecular weight is 316 g/mol. The van der Waals surface area contributed by atoms with E-state index in [1.165, 1.54) is 18.0 Å². The molecule has 0 spiro atoms. The first-order valence-corrected chi connectivity index (χ1v) is 6.66. The number of hydrogen-bond donors (Lipinski definition) is 1. The molecule has 1 aromatic rings. The van der Waals surface area contributed by atoms with E-state index in [1.807, 2.05) is 0 Å². The normalized spacial score (nSPS) is 11.1. The van der Waals surface area contributed by atoms with E-state index in [9.17, 15) is 18.0 Å². The van der Waals surface area contributed by atoms with Crippen molar-refractivity contribution in [2.75, 3.05) is 33.8 Å². The highest BCUT2D eigenvalue weighted by Gasteiger charge is 2.32. The average Bonchev–Trinajstić information content (AvgIpc) is 2.48. The van der Waals surface area contributed by atoms with Crippen LogP contribution in [0.4, 0.5) is 13.2 Å². The summed E-state index contributed by atoms with van der Waals surface area (Å²) >= 11 is 0. The number of nitrogens with zero attached hydrogens (tertiary/aromatic N) is 1. The fraction of sp³-hybridized carbons (Fsp3) is 0.400. The molecule has 0 radical (unpaired) electrons. The van der Waals surface area contributed by atoms with E-state index in [1.54, 1.807) is 7.05 Å². The van der Waals surface area contributed by atoms with Gasteiger partial charge in [-0.1, -0.05) is 12.7 Å². The maximum absolute atomic E-state index is 12.8. The predicted octanol–water partition coefficient (Wildman–Crippen LogP) is 2.56. The summed E-state index contributed by atoms with van der Waals surface area (Å²) in [4.78, 5) is 13.7. The molecule has 0 aromatic heterocycles. The largest absolute Gasteiger partial charge is 0.489 e. The molecular weight excluding hydrogens is 297 g/mol. The molecule has 1 aromatic carbocycles. The molecule has 1 N–H and O–H groups in total. The lowest BCUT2D eigenvalue weighted by atomic mass is 10.1. The number of benzene rings is 1. The number of halogens is 3. The lowest BCUT2D eigenvalue weighted by Gasteiger charge is -2.20. The Morgan fingerprint density at radius 1 is 1.45 bits per heavy atom. The first kappa shape index (κ1) is 18.0. The van der Waals surface area contributed by atoms with Crippen LogP contribution in [0.2, 0.25) is 0 Å². The summed E-state index contributed by atoms with van der Waals surface area (Å²) in [6, 6.07) is 2.87. The number of ether oxygens (including phenoxy) is 1. The lowest BCUT2D eigenvalue weighted by molar-refractivity contribution is -0.137. The Hall–Kier alpha value is -2.02. The number of carbonyl (C=O) groups excluding carboxylic acids is 1. The second kappa shape index (κ2) is 7.84. The third kappa shape index (κ3) is 4.77. The van der Waals surface area contributed by atoms with Crippen LogP contribution < -0.4 is 10.1 Å². The van der Waals surface area contributed by atoms with Crippen LogP contribution in [-0.2, 0) is 6.18 Å². The Morgan fingerprint density at radius 2 is 2.14 bits per heavy atom. The third-order valence-corrected chi connectivity index (χ3v) is 2.94. The molecule has 0 saturated heterocycles. The fourth-order valence-corrected chi connectivity index (χ4v) is 1.73. The van der Waals surface area contributed by atoms with Crippen molar-refractivity contribution in [1.82, 2.24) is 10.2 Å². The summed E-state index contributed by atoms with van der Waals surface area (Å²) in [5.41, 5.74) is -1.00. The van der Waals surface area contributed by atoms with Gasteiger partial charge in [-0.2, -0.15) is 13.2 Å². The van der Waals surface area contributed by atoms with E-state index in [-0.39, 0.29) is 17.9 Å². The molecule has 0 heterocycles. The topological polar surface area (TPSA) is 41.6 Å². The fourth-order valence-electron chi connectivity index (χ4n) is 1.73. The molecule has 0 bridgehead atoms. The maximum Gasteiger partial charge on any atom is 0.416 e. The summed E-state index contributed by atoms with van der Waals surface area (Å²) in [5, 5.41) is 2.87. The summed E-state index contributed by atoms with van der Waals surface area (Å²) in [6.07, 6.45) is -3.06. The predicted molar refractivity (Wildman–Crippen MR) is 78.0 cm³/mol. The van der Waals surface area contributed by atoms with Crippen molar-refractivity contribution in [3.8, 4) is 5.75 Å². The number of likely N-dealkylation sites (N-methyl/N-ethyl adjacent to an activating group) is 2. The molecule has 122 valence electrons. The van der Waals surface area contributed by atoms with E-state index in [0.29, 0.717) is 13.1 Å². The molecule has 0 unspecified atom stereocenters. The number of rotatable bonds is 7. The van der Waals surface area contributed by atoms with Crippen LogP contribution in [0.25, 0.3) is 0 Å². The second-order valence-corrected chi connectivity index (χ2v) is 4.64. The molecule has 0 aliphatic heterocycles. The van der Waals surface area contributed by atoms with Gasteiger partial charge in [0.25, 0.3) is 5.91 Å². The molecule has 7 heteroatoms. The van der Waals surface area contributed by atoms with Crippen LogP contribution in [-0.4, -0.2) is 44.6 Å². The number of carbonyl (C=O) groups is 1. The van der Waals surface area contributed by atoms with E-state index in [0.717, 1.165) is 18.2 Å². The number of nitrogens with one attached hydrogen (secondary N) is 1. The molecule has 0 aliphatic rings. The zero-order valence-corrected chi connectivity index (χ0v) is 12.5. The molecule has 1 amide bonds. The van der Waals surface area contributed by atoms with Crippen molar-refractivity contribution in [2.24, 2.45) is 0 Å². The Bertz CT molecular complexity index is 530. The van der Waals surface area contributed by atoms with Crippen molar-refractivity contribution in [3.05, 3.63) is 42.0 Å². The molecule has 0 aliphatic carbocycles. The monoisotopic (exact) mass is 316 g/mol. The molecule has 0 fully saturated rings. The molecule has 4 nitrogen and oxygen atoms in total. The highest BCUT2D eigenvalue weighted by atomic mass is 19.4. The Balaban J connectivity index is 3.15. The van der Waals surface area contributed by atoms with E-state index in [2.05, 4.69) is 11.9 Å². The van der Waals surface area contributed by atoms with Crippen molar-refractivity contribution >= 4 is 5.91 Å². The van der Waals surface area contributed by atoms with Gasteiger partial charge in [-0.25, -0.2) is 0 Å². The molecule has 0 saturated carbocycles. The third-order valence-electron chi connectivity index (χ3n) is 2.94. The van der Waals surface area contributed by atoms with E-state index < -0.39 is 17.6 Å². The van der Waals surface area contributed by atoms with Crippen molar-refractivity contribution < 1.29 is 22.7 Å². The van der Waals surface area contributed by atoms with Crippen LogP contribution in [0.15, 0.2) is 30.9 Å². The first-order chi connectivity index (χ1) is 10.3. The molecule has 1 rings (SSSR count). The number of alkyl halides is 3. The highest BCUT2D eigenvalue weighted by Crippen LogP contribution is 2.33.